The van der Waals surface area contributed by atoms with Gasteiger partial charge in [0.2, 0.25) is 5.82 Å². The van der Waals surface area contributed by atoms with Gasteiger partial charge in [-0.25, -0.2) is 4.98 Å². The first-order valence-corrected chi connectivity index (χ1v) is 4.65. The molecule has 0 bridgehead atoms. The van der Waals surface area contributed by atoms with Crippen LogP contribution in [0, 0.1) is 0 Å². The molecule has 0 fully saturated rings. The standard InChI is InChI=1S/C8H11F3N4O/c1-2-3-15(4-8(9,10)11)7(16)6-12-5-13-14-6/h5H,2-4H2,1H3,(H,12,13,14). The summed E-state index contributed by atoms with van der Waals surface area (Å²) in [6.07, 6.45) is -2.90. The van der Waals surface area contributed by atoms with Gasteiger partial charge in [-0.1, -0.05) is 6.92 Å². The maximum Gasteiger partial charge on any atom is 0.406 e. The number of rotatable bonds is 4. The maximum atomic E-state index is 12.2. The molecule has 8 heteroatoms. The van der Waals surface area contributed by atoms with Gasteiger partial charge in [0, 0.05) is 6.54 Å². The zero-order valence-electron chi connectivity index (χ0n) is 8.58. The van der Waals surface area contributed by atoms with E-state index in [9.17, 15) is 18.0 Å². The molecule has 1 rings (SSSR count). The molecule has 0 aliphatic carbocycles. The second-order valence-electron chi connectivity index (χ2n) is 3.18. The molecule has 5 nitrogen and oxygen atoms in total. The zero-order valence-corrected chi connectivity index (χ0v) is 8.58. The number of alkyl halides is 3. The Bertz CT molecular complexity index is 336. The van der Waals surface area contributed by atoms with Crippen LogP contribution in [0.15, 0.2) is 6.33 Å². The van der Waals surface area contributed by atoms with Crippen molar-refractivity contribution >= 4 is 5.91 Å². The molecule has 16 heavy (non-hydrogen) atoms. The van der Waals surface area contributed by atoms with E-state index in [1.165, 1.54) is 0 Å². The Morgan fingerprint density at radius 1 is 1.56 bits per heavy atom. The van der Waals surface area contributed by atoms with E-state index >= 15 is 0 Å². The van der Waals surface area contributed by atoms with E-state index < -0.39 is 18.6 Å². The van der Waals surface area contributed by atoms with Crippen LogP contribution < -0.4 is 0 Å². The predicted molar refractivity (Wildman–Crippen MR) is 48.6 cm³/mol. The lowest BCUT2D eigenvalue weighted by Gasteiger charge is -2.22. The molecule has 90 valence electrons. The molecule has 0 atom stereocenters. The largest absolute Gasteiger partial charge is 0.406 e. The quantitative estimate of drug-likeness (QED) is 0.854. The number of aromatic amines is 1. The third kappa shape index (κ3) is 3.52. The van der Waals surface area contributed by atoms with Crippen molar-refractivity contribution < 1.29 is 18.0 Å². The number of aromatic nitrogens is 3. The van der Waals surface area contributed by atoms with Crippen molar-refractivity contribution in [3.8, 4) is 0 Å². The first kappa shape index (κ1) is 12.5. The molecule has 0 aliphatic heterocycles. The fourth-order valence-corrected chi connectivity index (χ4v) is 1.20. The van der Waals surface area contributed by atoms with E-state index in [1.807, 2.05) is 0 Å². The van der Waals surface area contributed by atoms with Crippen molar-refractivity contribution in [1.29, 1.82) is 0 Å². The van der Waals surface area contributed by atoms with Crippen LogP contribution in [0.4, 0.5) is 13.2 Å². The Hall–Kier alpha value is -1.60. The number of H-pyrrole nitrogens is 1. The van der Waals surface area contributed by atoms with Crippen molar-refractivity contribution in [1.82, 2.24) is 20.1 Å². The van der Waals surface area contributed by atoms with Crippen LogP contribution in [0.1, 0.15) is 24.0 Å². The molecule has 0 aromatic carbocycles. The third-order valence-corrected chi connectivity index (χ3v) is 1.77. The topological polar surface area (TPSA) is 61.9 Å². The van der Waals surface area contributed by atoms with Gasteiger partial charge in [0.1, 0.15) is 12.9 Å². The summed E-state index contributed by atoms with van der Waals surface area (Å²) in [5.41, 5.74) is 0. The summed E-state index contributed by atoms with van der Waals surface area (Å²) in [7, 11) is 0. The third-order valence-electron chi connectivity index (χ3n) is 1.77. The van der Waals surface area contributed by atoms with E-state index in [0.29, 0.717) is 11.3 Å². The summed E-state index contributed by atoms with van der Waals surface area (Å²) in [6.45, 7) is 0.441. The Balaban J connectivity index is 2.74. The lowest BCUT2D eigenvalue weighted by atomic mass is 10.3. The second kappa shape index (κ2) is 4.95. The molecular weight excluding hydrogens is 225 g/mol. The first-order valence-electron chi connectivity index (χ1n) is 4.65. The van der Waals surface area contributed by atoms with Crippen LogP contribution in [0.2, 0.25) is 0 Å². The van der Waals surface area contributed by atoms with E-state index in [0.717, 1.165) is 6.33 Å². The summed E-state index contributed by atoms with van der Waals surface area (Å²) in [5.74, 6) is -0.977. The molecule has 0 aliphatic rings. The van der Waals surface area contributed by atoms with Crippen molar-refractivity contribution in [3.05, 3.63) is 12.2 Å². The van der Waals surface area contributed by atoms with Crippen LogP contribution in [-0.2, 0) is 0 Å². The number of amides is 1. The van der Waals surface area contributed by atoms with Crippen LogP contribution in [-0.4, -0.2) is 45.3 Å². The molecule has 0 saturated heterocycles. The molecule has 0 radical (unpaired) electrons. The zero-order chi connectivity index (χ0) is 12.2. The Morgan fingerprint density at radius 2 is 2.25 bits per heavy atom. The van der Waals surface area contributed by atoms with Crippen LogP contribution in [0.25, 0.3) is 0 Å². The highest BCUT2D eigenvalue weighted by atomic mass is 19.4. The number of halogens is 3. The van der Waals surface area contributed by atoms with Crippen LogP contribution >= 0.6 is 0 Å². The lowest BCUT2D eigenvalue weighted by Crippen LogP contribution is -2.39. The van der Waals surface area contributed by atoms with Gasteiger partial charge in [-0.05, 0) is 6.42 Å². The summed E-state index contributed by atoms with van der Waals surface area (Å²) >= 11 is 0. The molecule has 0 spiro atoms. The van der Waals surface area contributed by atoms with Crippen LogP contribution in [0.3, 0.4) is 0 Å². The smallest absolute Gasteiger partial charge is 0.327 e. The second-order valence-corrected chi connectivity index (χ2v) is 3.18. The van der Waals surface area contributed by atoms with Crippen molar-refractivity contribution in [2.24, 2.45) is 0 Å². The fourth-order valence-electron chi connectivity index (χ4n) is 1.20. The summed E-state index contributed by atoms with van der Waals surface area (Å²) < 4.78 is 36.6. The molecule has 1 heterocycles. The normalized spacial score (nSPS) is 11.5. The Kier molecular flexibility index (Phi) is 3.86. The molecule has 1 aromatic rings. The summed E-state index contributed by atoms with van der Waals surface area (Å²) in [5, 5.41) is 5.66. The highest BCUT2D eigenvalue weighted by Gasteiger charge is 2.33. The number of hydrogen-bond donors (Lipinski definition) is 1. The van der Waals surface area contributed by atoms with Gasteiger partial charge in [0.05, 0.1) is 0 Å². The molecule has 1 N–H and O–H groups in total. The van der Waals surface area contributed by atoms with Gasteiger partial charge in [-0.15, -0.1) is 0 Å². The monoisotopic (exact) mass is 236 g/mol. The van der Waals surface area contributed by atoms with E-state index in [2.05, 4.69) is 15.2 Å². The molecule has 0 saturated carbocycles. The van der Waals surface area contributed by atoms with E-state index in [4.69, 9.17) is 0 Å². The minimum atomic E-state index is -4.41. The SMILES string of the molecule is CCCN(CC(F)(F)F)C(=O)c1ncn[nH]1. The Labute approximate surface area is 89.7 Å². The molecular formula is C8H11F3N4O. The van der Waals surface area contributed by atoms with Crippen molar-refractivity contribution in [2.75, 3.05) is 13.1 Å². The minimum Gasteiger partial charge on any atom is -0.327 e. The van der Waals surface area contributed by atoms with E-state index in [-0.39, 0.29) is 12.4 Å². The maximum absolute atomic E-state index is 12.2. The van der Waals surface area contributed by atoms with E-state index in [1.54, 1.807) is 6.92 Å². The number of carbonyl (C=O) groups excluding carboxylic acids is 1. The van der Waals surface area contributed by atoms with Crippen molar-refractivity contribution in [3.63, 3.8) is 0 Å². The van der Waals surface area contributed by atoms with Gasteiger partial charge in [-0.3, -0.25) is 9.89 Å². The van der Waals surface area contributed by atoms with Crippen LogP contribution in [0.5, 0.6) is 0 Å². The highest BCUT2D eigenvalue weighted by Crippen LogP contribution is 2.17. The summed E-state index contributed by atoms with van der Waals surface area (Å²) in [4.78, 5) is 15.8. The number of nitrogens with zero attached hydrogens (tertiary/aromatic N) is 3. The number of nitrogens with one attached hydrogen (secondary N) is 1. The molecule has 0 unspecified atom stereocenters. The minimum absolute atomic E-state index is 0.0268. The summed E-state index contributed by atoms with van der Waals surface area (Å²) in [6, 6.07) is 0. The van der Waals surface area contributed by atoms with Gasteiger partial charge in [0.15, 0.2) is 0 Å². The number of hydrogen-bond acceptors (Lipinski definition) is 3. The van der Waals surface area contributed by atoms with Gasteiger partial charge in [0.25, 0.3) is 5.91 Å². The molecule has 1 aromatic heterocycles. The fraction of sp³-hybridized carbons (Fsp3) is 0.625. The van der Waals surface area contributed by atoms with Gasteiger partial charge >= 0.3 is 6.18 Å². The van der Waals surface area contributed by atoms with Gasteiger partial charge in [-0.2, -0.15) is 18.3 Å². The Morgan fingerprint density at radius 3 is 2.69 bits per heavy atom. The lowest BCUT2D eigenvalue weighted by molar-refractivity contribution is -0.140. The average molecular weight is 236 g/mol. The van der Waals surface area contributed by atoms with Crippen molar-refractivity contribution in [2.45, 2.75) is 19.5 Å². The predicted octanol–water partition coefficient (Wildman–Crippen LogP) is 1.22. The van der Waals surface area contributed by atoms with Gasteiger partial charge < -0.3 is 4.90 Å². The average Bonchev–Trinajstić information content (AvgIpc) is 2.66. The number of carbonyl (C=O) groups is 1. The first-order chi connectivity index (χ1) is 7.44. The molecule has 1 amide bonds. The highest BCUT2D eigenvalue weighted by molar-refractivity contribution is 5.90.